The summed E-state index contributed by atoms with van der Waals surface area (Å²) >= 11 is 0. The fraction of sp³-hybridized carbons (Fsp3) is 0.0909. The highest BCUT2D eigenvalue weighted by Crippen LogP contribution is 2.43. The van der Waals surface area contributed by atoms with E-state index in [-0.39, 0.29) is 0 Å². The van der Waals surface area contributed by atoms with Gasteiger partial charge in [0.2, 0.25) is 0 Å². The van der Waals surface area contributed by atoms with Crippen molar-refractivity contribution in [1.29, 1.82) is 0 Å². The van der Waals surface area contributed by atoms with E-state index in [1.54, 1.807) is 0 Å². The Kier molecular flexibility index (Phi) is 7.54. The van der Waals surface area contributed by atoms with E-state index in [1.807, 2.05) is 0 Å². The third kappa shape index (κ3) is 5.33. The standard InChI is InChI=1S/C44H36N2/c1-3-17-37(18-4-1)45(43-23-11-15-35-13-7-9-21-41(35)43)39-29-25-33(26-30-39)34-27-31-40(32-28-34)46(38-19-5-2-6-20-38)44-24-12-16-36-14-8-10-22-42(36)44/h1-26,29-31,34H,27-28,32H2. The Labute approximate surface area is 271 Å². The van der Waals surface area contributed by atoms with Gasteiger partial charge >= 0.3 is 0 Å². The van der Waals surface area contributed by atoms with Gasteiger partial charge in [-0.25, -0.2) is 0 Å². The lowest BCUT2D eigenvalue weighted by Gasteiger charge is -2.33. The lowest BCUT2D eigenvalue weighted by Crippen LogP contribution is -2.20. The number of rotatable bonds is 7. The lowest BCUT2D eigenvalue weighted by molar-refractivity contribution is 0.594. The maximum Gasteiger partial charge on any atom is 0.0540 e. The van der Waals surface area contributed by atoms with Gasteiger partial charge in [-0.05, 0) is 90.0 Å². The maximum absolute atomic E-state index is 2.48. The van der Waals surface area contributed by atoms with Gasteiger partial charge in [-0.1, -0.05) is 127 Å². The Morgan fingerprint density at radius 1 is 0.413 bits per heavy atom. The van der Waals surface area contributed by atoms with Gasteiger partial charge in [-0.15, -0.1) is 0 Å². The van der Waals surface area contributed by atoms with Crippen LogP contribution in [0, 0.1) is 0 Å². The topological polar surface area (TPSA) is 6.48 Å². The highest BCUT2D eigenvalue weighted by Gasteiger charge is 2.23. The van der Waals surface area contributed by atoms with Gasteiger partial charge in [0.25, 0.3) is 0 Å². The zero-order valence-electron chi connectivity index (χ0n) is 25.8. The SMILES string of the molecule is C1=C(N(c2ccccc2)c2cccc3ccccc23)CCC(c2ccc(N(c3ccccc3)c3cccc4ccccc34)cc2)C1. The maximum atomic E-state index is 2.48. The number of fused-ring (bicyclic) bond motifs is 2. The van der Waals surface area contributed by atoms with Crippen molar-refractivity contribution in [2.45, 2.75) is 25.2 Å². The molecule has 222 valence electrons. The average Bonchev–Trinajstić information content (AvgIpc) is 3.14. The van der Waals surface area contributed by atoms with Gasteiger partial charge in [0.1, 0.15) is 0 Å². The van der Waals surface area contributed by atoms with Crippen LogP contribution < -0.4 is 9.80 Å². The molecule has 1 atom stereocenters. The molecular weight excluding hydrogens is 556 g/mol. The minimum absolute atomic E-state index is 0.491. The zero-order chi connectivity index (χ0) is 30.7. The van der Waals surface area contributed by atoms with Gasteiger partial charge < -0.3 is 9.80 Å². The largest absolute Gasteiger partial charge is 0.314 e. The summed E-state index contributed by atoms with van der Waals surface area (Å²) in [5.74, 6) is 0.491. The minimum Gasteiger partial charge on any atom is -0.314 e. The van der Waals surface area contributed by atoms with Crippen LogP contribution in [0.1, 0.15) is 30.7 Å². The van der Waals surface area contributed by atoms with Crippen molar-refractivity contribution in [3.05, 3.63) is 187 Å². The number of allylic oxidation sites excluding steroid dienone is 2. The Bertz CT molecular complexity index is 2120. The van der Waals surface area contributed by atoms with E-state index in [0.29, 0.717) is 5.92 Å². The summed E-state index contributed by atoms with van der Waals surface area (Å²) in [6.45, 7) is 0. The summed E-state index contributed by atoms with van der Waals surface area (Å²) in [7, 11) is 0. The van der Waals surface area contributed by atoms with Crippen LogP contribution in [0.25, 0.3) is 21.5 Å². The zero-order valence-corrected chi connectivity index (χ0v) is 25.8. The quantitative estimate of drug-likeness (QED) is 0.182. The number of hydrogen-bond acceptors (Lipinski definition) is 2. The summed E-state index contributed by atoms with van der Waals surface area (Å²) in [5.41, 5.74) is 8.76. The Hall–Kier alpha value is -5.60. The van der Waals surface area contributed by atoms with Crippen molar-refractivity contribution >= 4 is 50.0 Å². The summed E-state index contributed by atoms with van der Waals surface area (Å²) in [5, 5.41) is 5.04. The molecule has 0 fully saturated rings. The highest BCUT2D eigenvalue weighted by molar-refractivity contribution is 5.99. The molecule has 8 rings (SSSR count). The van der Waals surface area contributed by atoms with E-state index in [4.69, 9.17) is 0 Å². The van der Waals surface area contributed by atoms with Crippen LogP contribution in [0.2, 0.25) is 0 Å². The molecule has 0 N–H and O–H groups in total. The molecule has 1 unspecified atom stereocenters. The van der Waals surface area contributed by atoms with E-state index in [2.05, 4.69) is 186 Å². The first kappa shape index (κ1) is 27.9. The highest BCUT2D eigenvalue weighted by atomic mass is 15.2. The molecule has 1 aliphatic carbocycles. The molecule has 0 amide bonds. The van der Waals surface area contributed by atoms with Gasteiger partial charge in [0.15, 0.2) is 0 Å². The minimum atomic E-state index is 0.491. The van der Waals surface area contributed by atoms with Crippen LogP contribution in [0.4, 0.5) is 28.4 Å². The number of para-hydroxylation sites is 2. The molecule has 0 bridgehead atoms. The Morgan fingerprint density at radius 2 is 0.891 bits per heavy atom. The Morgan fingerprint density at radius 3 is 1.46 bits per heavy atom. The summed E-state index contributed by atoms with van der Waals surface area (Å²) in [6.07, 6.45) is 5.64. The molecule has 7 aromatic carbocycles. The van der Waals surface area contributed by atoms with E-state index in [9.17, 15) is 0 Å². The van der Waals surface area contributed by atoms with Crippen LogP contribution in [0.3, 0.4) is 0 Å². The van der Waals surface area contributed by atoms with Crippen molar-refractivity contribution in [2.24, 2.45) is 0 Å². The molecule has 1 aliphatic rings. The predicted octanol–water partition coefficient (Wildman–Crippen LogP) is 12.5. The first-order valence-electron chi connectivity index (χ1n) is 16.3. The van der Waals surface area contributed by atoms with E-state index in [0.717, 1.165) is 24.9 Å². The number of benzene rings is 7. The molecule has 0 spiro atoms. The molecule has 0 radical (unpaired) electrons. The fourth-order valence-corrected chi connectivity index (χ4v) is 7.07. The summed E-state index contributed by atoms with van der Waals surface area (Å²) < 4.78 is 0. The van der Waals surface area contributed by atoms with Crippen molar-refractivity contribution in [1.82, 2.24) is 0 Å². The molecule has 0 aliphatic heterocycles. The average molecular weight is 593 g/mol. The van der Waals surface area contributed by atoms with Crippen LogP contribution >= 0.6 is 0 Å². The monoisotopic (exact) mass is 592 g/mol. The summed E-state index contributed by atoms with van der Waals surface area (Å²) in [6, 6.07) is 61.4. The normalized spacial score (nSPS) is 14.6. The second-order valence-electron chi connectivity index (χ2n) is 12.1. The van der Waals surface area contributed by atoms with Crippen LogP contribution in [-0.2, 0) is 0 Å². The number of hydrogen-bond donors (Lipinski definition) is 0. The molecule has 2 heteroatoms. The second kappa shape index (κ2) is 12.4. The van der Waals surface area contributed by atoms with E-state index < -0.39 is 0 Å². The third-order valence-corrected chi connectivity index (χ3v) is 9.34. The molecular formula is C44H36N2. The molecule has 0 saturated carbocycles. The van der Waals surface area contributed by atoms with Crippen molar-refractivity contribution in [3.63, 3.8) is 0 Å². The van der Waals surface area contributed by atoms with Gasteiger partial charge in [0, 0.05) is 33.5 Å². The molecule has 7 aromatic rings. The molecule has 0 aromatic heterocycles. The first-order chi connectivity index (χ1) is 22.8. The van der Waals surface area contributed by atoms with Gasteiger partial charge in [-0.2, -0.15) is 0 Å². The molecule has 0 heterocycles. The third-order valence-electron chi connectivity index (χ3n) is 9.34. The summed E-state index contributed by atoms with van der Waals surface area (Å²) in [4.78, 5) is 4.86. The molecule has 46 heavy (non-hydrogen) atoms. The molecule has 2 nitrogen and oxygen atoms in total. The van der Waals surface area contributed by atoms with Crippen molar-refractivity contribution in [3.8, 4) is 0 Å². The smallest absolute Gasteiger partial charge is 0.0540 e. The van der Waals surface area contributed by atoms with Gasteiger partial charge in [-0.3, -0.25) is 0 Å². The van der Waals surface area contributed by atoms with Crippen molar-refractivity contribution in [2.75, 3.05) is 9.80 Å². The first-order valence-corrected chi connectivity index (χ1v) is 16.3. The Balaban J connectivity index is 1.11. The van der Waals surface area contributed by atoms with E-state index >= 15 is 0 Å². The van der Waals surface area contributed by atoms with Crippen LogP contribution in [-0.4, -0.2) is 0 Å². The molecule has 0 saturated heterocycles. The van der Waals surface area contributed by atoms with Gasteiger partial charge in [0.05, 0.1) is 11.4 Å². The second-order valence-corrected chi connectivity index (χ2v) is 12.1. The van der Waals surface area contributed by atoms with Crippen molar-refractivity contribution < 1.29 is 0 Å². The number of anilines is 5. The predicted molar refractivity (Wildman–Crippen MR) is 196 cm³/mol. The fourth-order valence-electron chi connectivity index (χ4n) is 7.07. The van der Waals surface area contributed by atoms with E-state index in [1.165, 1.54) is 55.6 Å². The number of nitrogens with zero attached hydrogens (tertiary/aromatic N) is 2. The van der Waals surface area contributed by atoms with Crippen LogP contribution in [0.5, 0.6) is 0 Å². The van der Waals surface area contributed by atoms with Crippen LogP contribution in [0.15, 0.2) is 182 Å². The lowest BCUT2D eigenvalue weighted by atomic mass is 9.85.